The van der Waals surface area contributed by atoms with Crippen LogP contribution in [-0.4, -0.2) is 31.3 Å². The van der Waals surface area contributed by atoms with Crippen molar-refractivity contribution in [1.82, 2.24) is 0 Å². The van der Waals surface area contributed by atoms with E-state index >= 15 is 0 Å². The summed E-state index contributed by atoms with van der Waals surface area (Å²) in [6, 6.07) is 6.29. The Hall–Kier alpha value is -2.04. The molecule has 0 aromatic heterocycles. The summed E-state index contributed by atoms with van der Waals surface area (Å²) in [4.78, 5) is 23.6. The highest BCUT2D eigenvalue weighted by atomic mass is 16.6. The second-order valence-electron chi connectivity index (χ2n) is 8.93. The van der Waals surface area contributed by atoms with Gasteiger partial charge in [-0.2, -0.15) is 0 Å². The van der Waals surface area contributed by atoms with Crippen LogP contribution in [0.3, 0.4) is 0 Å². The second kappa shape index (κ2) is 7.09. The molecule has 4 rings (SSSR count). The number of carbonyl (C=O) groups excluding carboxylic acids is 2. The zero-order valence-corrected chi connectivity index (χ0v) is 17.2. The average Bonchev–Trinajstić information content (AvgIpc) is 2.95. The lowest BCUT2D eigenvalue weighted by Crippen LogP contribution is -2.51. The summed E-state index contributed by atoms with van der Waals surface area (Å²) in [7, 11) is 1.69. The number of hydrogen-bond donors (Lipinski definition) is 0. The van der Waals surface area contributed by atoms with Gasteiger partial charge in [-0.05, 0) is 67.2 Å². The van der Waals surface area contributed by atoms with E-state index in [1.807, 2.05) is 6.07 Å². The Kier molecular flexibility index (Phi) is 4.88. The Labute approximate surface area is 166 Å². The van der Waals surface area contributed by atoms with Gasteiger partial charge in [0.25, 0.3) is 0 Å². The summed E-state index contributed by atoms with van der Waals surface area (Å²) < 4.78 is 17.0. The third-order valence-electron chi connectivity index (χ3n) is 7.42. The van der Waals surface area contributed by atoms with Gasteiger partial charge in [-0.15, -0.1) is 0 Å². The first-order valence-electron chi connectivity index (χ1n) is 10.3. The summed E-state index contributed by atoms with van der Waals surface area (Å²) in [6.45, 7) is 5.20. The number of benzene rings is 1. The summed E-state index contributed by atoms with van der Waals surface area (Å²) in [6.07, 6.45) is 4.49. The standard InChI is InChI=1S/C23H30O5/c1-13(24)27-20-12-23(3)19(9-10-21(23)28-14(2)25)18-7-5-15-11-16(26-4)6-8-17(15)22(18)20/h6,8,11,18-22H,5,7,9-10,12H2,1-4H3/t18-,19-,20-,21-,22+,23-/m0/s1. The van der Waals surface area contributed by atoms with Crippen molar-refractivity contribution in [2.75, 3.05) is 7.11 Å². The number of hydrogen-bond acceptors (Lipinski definition) is 5. The third kappa shape index (κ3) is 3.09. The predicted molar refractivity (Wildman–Crippen MR) is 104 cm³/mol. The van der Waals surface area contributed by atoms with Crippen molar-refractivity contribution in [2.24, 2.45) is 17.3 Å². The molecule has 5 heteroatoms. The van der Waals surface area contributed by atoms with Gasteiger partial charge < -0.3 is 14.2 Å². The molecule has 2 fully saturated rings. The first-order chi connectivity index (χ1) is 13.3. The topological polar surface area (TPSA) is 61.8 Å². The molecule has 2 saturated carbocycles. The molecule has 3 aliphatic carbocycles. The molecule has 3 aliphatic rings. The SMILES string of the molecule is COc1ccc2c(c1)CC[C@@H]1[C@@H]2[C@@H](OC(C)=O)C[C@]2(C)[C@@H](OC(C)=O)CC[C@@H]12. The van der Waals surface area contributed by atoms with Crippen molar-refractivity contribution in [3.63, 3.8) is 0 Å². The summed E-state index contributed by atoms with van der Waals surface area (Å²) in [5.74, 6) is 1.52. The van der Waals surface area contributed by atoms with Gasteiger partial charge in [-0.1, -0.05) is 13.0 Å². The van der Waals surface area contributed by atoms with Crippen LogP contribution in [0.1, 0.15) is 63.5 Å². The lowest BCUT2D eigenvalue weighted by Gasteiger charge is -2.53. The minimum Gasteiger partial charge on any atom is -0.497 e. The Morgan fingerprint density at radius 3 is 2.50 bits per heavy atom. The Morgan fingerprint density at radius 1 is 1.07 bits per heavy atom. The molecular formula is C23H30O5. The number of aryl methyl sites for hydroxylation is 1. The smallest absolute Gasteiger partial charge is 0.302 e. The molecule has 1 aromatic carbocycles. The van der Waals surface area contributed by atoms with E-state index in [4.69, 9.17) is 14.2 Å². The predicted octanol–water partition coefficient (Wildman–Crippen LogP) is 4.02. The maximum Gasteiger partial charge on any atom is 0.302 e. The fraction of sp³-hybridized carbons (Fsp3) is 0.652. The Morgan fingerprint density at radius 2 is 1.82 bits per heavy atom. The molecule has 0 saturated heterocycles. The van der Waals surface area contributed by atoms with Gasteiger partial charge in [0.05, 0.1) is 7.11 Å². The molecule has 0 bridgehead atoms. The van der Waals surface area contributed by atoms with Crippen molar-refractivity contribution in [1.29, 1.82) is 0 Å². The van der Waals surface area contributed by atoms with Crippen LogP contribution >= 0.6 is 0 Å². The van der Waals surface area contributed by atoms with Crippen LogP contribution in [0.15, 0.2) is 18.2 Å². The molecule has 5 nitrogen and oxygen atoms in total. The fourth-order valence-electron chi connectivity index (χ4n) is 6.41. The average molecular weight is 386 g/mol. The molecular weight excluding hydrogens is 356 g/mol. The lowest BCUT2D eigenvalue weighted by molar-refractivity contribution is -0.168. The van der Waals surface area contributed by atoms with Crippen molar-refractivity contribution in [2.45, 2.75) is 71.0 Å². The second-order valence-corrected chi connectivity index (χ2v) is 8.93. The minimum atomic E-state index is -0.242. The summed E-state index contributed by atoms with van der Waals surface area (Å²) in [5, 5.41) is 0. The van der Waals surface area contributed by atoms with Gasteiger partial charge in [0, 0.05) is 25.2 Å². The Bertz CT molecular complexity index is 787. The third-order valence-corrected chi connectivity index (χ3v) is 7.42. The van der Waals surface area contributed by atoms with Crippen LogP contribution in [-0.2, 0) is 25.5 Å². The van der Waals surface area contributed by atoms with Gasteiger partial charge in [-0.25, -0.2) is 0 Å². The zero-order valence-electron chi connectivity index (χ0n) is 17.2. The van der Waals surface area contributed by atoms with E-state index in [-0.39, 0.29) is 35.5 Å². The van der Waals surface area contributed by atoms with E-state index in [1.165, 1.54) is 25.0 Å². The molecule has 0 heterocycles. The van der Waals surface area contributed by atoms with E-state index in [2.05, 4.69) is 19.1 Å². The molecule has 0 amide bonds. The van der Waals surface area contributed by atoms with Crippen LogP contribution in [0.5, 0.6) is 5.75 Å². The van der Waals surface area contributed by atoms with Crippen LogP contribution in [0.4, 0.5) is 0 Å². The normalized spacial score (nSPS) is 35.9. The van der Waals surface area contributed by atoms with E-state index in [0.717, 1.165) is 37.9 Å². The fourth-order valence-corrected chi connectivity index (χ4v) is 6.41. The summed E-state index contributed by atoms with van der Waals surface area (Å²) in [5.41, 5.74) is 2.45. The first-order valence-corrected chi connectivity index (χ1v) is 10.3. The van der Waals surface area contributed by atoms with Crippen molar-refractivity contribution in [3.05, 3.63) is 29.3 Å². The molecule has 6 atom stereocenters. The zero-order chi connectivity index (χ0) is 20.1. The van der Waals surface area contributed by atoms with Crippen LogP contribution in [0, 0.1) is 17.3 Å². The van der Waals surface area contributed by atoms with Crippen molar-refractivity contribution in [3.8, 4) is 5.75 Å². The minimum absolute atomic E-state index is 0.0914. The molecule has 28 heavy (non-hydrogen) atoms. The van der Waals surface area contributed by atoms with Gasteiger partial charge >= 0.3 is 11.9 Å². The number of carbonyl (C=O) groups is 2. The van der Waals surface area contributed by atoms with Gasteiger partial charge in [-0.3, -0.25) is 9.59 Å². The quantitative estimate of drug-likeness (QED) is 0.734. The molecule has 0 unspecified atom stereocenters. The number of esters is 2. The molecule has 152 valence electrons. The summed E-state index contributed by atoms with van der Waals surface area (Å²) >= 11 is 0. The lowest BCUT2D eigenvalue weighted by atomic mass is 9.54. The molecule has 0 radical (unpaired) electrons. The number of fused-ring (bicyclic) bond motifs is 5. The van der Waals surface area contributed by atoms with Gasteiger partial charge in [0.1, 0.15) is 18.0 Å². The number of rotatable bonds is 3. The highest BCUT2D eigenvalue weighted by molar-refractivity contribution is 5.67. The molecule has 1 aromatic rings. The van der Waals surface area contributed by atoms with Crippen LogP contribution in [0.25, 0.3) is 0 Å². The van der Waals surface area contributed by atoms with Gasteiger partial charge in [0.2, 0.25) is 0 Å². The van der Waals surface area contributed by atoms with E-state index in [0.29, 0.717) is 11.8 Å². The van der Waals surface area contributed by atoms with Crippen LogP contribution < -0.4 is 4.74 Å². The highest BCUT2D eigenvalue weighted by Gasteiger charge is 2.60. The monoisotopic (exact) mass is 386 g/mol. The molecule has 0 spiro atoms. The number of methoxy groups -OCH3 is 1. The largest absolute Gasteiger partial charge is 0.497 e. The highest BCUT2D eigenvalue weighted by Crippen LogP contribution is 2.62. The number of ether oxygens (including phenoxy) is 3. The van der Waals surface area contributed by atoms with Crippen molar-refractivity contribution >= 4 is 11.9 Å². The van der Waals surface area contributed by atoms with E-state index < -0.39 is 0 Å². The maximum atomic E-state index is 11.9. The first kappa shape index (κ1) is 19.3. The molecule has 0 N–H and O–H groups in total. The van der Waals surface area contributed by atoms with Crippen molar-refractivity contribution < 1.29 is 23.8 Å². The van der Waals surface area contributed by atoms with Gasteiger partial charge in [0.15, 0.2) is 0 Å². The van der Waals surface area contributed by atoms with Crippen LogP contribution in [0.2, 0.25) is 0 Å². The molecule has 0 aliphatic heterocycles. The van der Waals surface area contributed by atoms with E-state index in [1.54, 1.807) is 7.11 Å². The van der Waals surface area contributed by atoms with E-state index in [9.17, 15) is 9.59 Å². The maximum absolute atomic E-state index is 11.9. The Balaban J connectivity index is 1.73.